The summed E-state index contributed by atoms with van der Waals surface area (Å²) in [6, 6.07) is 0. The van der Waals surface area contributed by atoms with Crippen LogP contribution in [0, 0.1) is 12.8 Å². The maximum Gasteiger partial charge on any atom is 0.341 e. The summed E-state index contributed by atoms with van der Waals surface area (Å²) in [5, 5.41) is 13.0. The molecular formula is C24H34N2O5S. The lowest BCUT2D eigenvalue weighted by atomic mass is 9.92. The van der Waals surface area contributed by atoms with Gasteiger partial charge in [-0.05, 0) is 52.1 Å². The van der Waals surface area contributed by atoms with Crippen LogP contribution < -0.4 is 10.1 Å². The van der Waals surface area contributed by atoms with Gasteiger partial charge >= 0.3 is 11.9 Å². The molecule has 2 N–H and O–H groups in total. The zero-order valence-electron chi connectivity index (χ0n) is 19.5. The third kappa shape index (κ3) is 5.41. The molecule has 8 heteroatoms. The van der Waals surface area contributed by atoms with E-state index in [1.165, 1.54) is 0 Å². The molecule has 1 fully saturated rings. The highest BCUT2D eigenvalue weighted by atomic mass is 32.2. The summed E-state index contributed by atoms with van der Waals surface area (Å²) in [4.78, 5) is 26.6. The third-order valence-electron chi connectivity index (χ3n) is 6.22. The highest BCUT2D eigenvalue weighted by Crippen LogP contribution is 2.41. The van der Waals surface area contributed by atoms with Gasteiger partial charge in [-0.15, -0.1) is 11.8 Å². The van der Waals surface area contributed by atoms with Crippen LogP contribution in [0.15, 0.2) is 11.6 Å². The van der Waals surface area contributed by atoms with E-state index in [1.807, 2.05) is 32.5 Å². The number of hydrogen-bond acceptors (Lipinski definition) is 7. The molecular weight excluding hydrogens is 428 g/mol. The molecule has 176 valence electrons. The lowest BCUT2D eigenvalue weighted by Gasteiger charge is -2.20. The van der Waals surface area contributed by atoms with Crippen LogP contribution in [0.3, 0.4) is 0 Å². The fourth-order valence-electron chi connectivity index (χ4n) is 4.45. The largest absolute Gasteiger partial charge is 0.496 e. The molecule has 1 atom stereocenters. The Morgan fingerprint density at radius 1 is 1.44 bits per heavy atom. The number of aliphatic carboxylic acids is 1. The van der Waals surface area contributed by atoms with Gasteiger partial charge in [-0.2, -0.15) is 0 Å². The van der Waals surface area contributed by atoms with Gasteiger partial charge in [0.2, 0.25) is 0 Å². The van der Waals surface area contributed by atoms with Gasteiger partial charge in [0.1, 0.15) is 12.4 Å². The molecule has 3 rings (SSSR count). The first-order valence-electron chi connectivity index (χ1n) is 11.2. The molecule has 0 bridgehead atoms. The predicted molar refractivity (Wildman–Crippen MR) is 128 cm³/mol. The van der Waals surface area contributed by atoms with Crippen LogP contribution in [-0.2, 0) is 22.6 Å². The van der Waals surface area contributed by atoms with Crippen molar-refractivity contribution in [1.82, 2.24) is 4.90 Å². The smallest absolute Gasteiger partial charge is 0.341 e. The van der Waals surface area contributed by atoms with Crippen LogP contribution in [0.2, 0.25) is 0 Å². The van der Waals surface area contributed by atoms with Crippen molar-refractivity contribution in [2.24, 2.45) is 5.92 Å². The molecule has 1 aromatic carbocycles. The van der Waals surface area contributed by atoms with E-state index < -0.39 is 11.9 Å². The Morgan fingerprint density at radius 2 is 2.22 bits per heavy atom. The predicted octanol–water partition coefficient (Wildman–Crippen LogP) is 4.08. The lowest BCUT2D eigenvalue weighted by Crippen LogP contribution is -2.25. The van der Waals surface area contributed by atoms with E-state index >= 15 is 0 Å². The molecule has 0 spiro atoms. The molecule has 2 aliphatic rings. The number of thioether (sulfide) groups is 1. The third-order valence-corrected chi connectivity index (χ3v) is 7.24. The number of benzene rings is 1. The van der Waals surface area contributed by atoms with E-state index in [2.05, 4.69) is 16.3 Å². The van der Waals surface area contributed by atoms with Crippen LogP contribution in [0.4, 0.5) is 5.69 Å². The van der Waals surface area contributed by atoms with Gasteiger partial charge in [-0.1, -0.05) is 11.6 Å². The molecule has 2 heterocycles. The molecule has 1 aromatic rings. The quantitative estimate of drug-likeness (QED) is 0.376. The molecule has 0 amide bonds. The van der Waals surface area contributed by atoms with E-state index in [9.17, 15) is 14.7 Å². The van der Waals surface area contributed by atoms with Crippen LogP contribution in [0.1, 0.15) is 53.7 Å². The zero-order valence-corrected chi connectivity index (χ0v) is 20.3. The number of nitrogens with one attached hydrogen (secondary N) is 1. The van der Waals surface area contributed by atoms with Gasteiger partial charge in [0.05, 0.1) is 24.3 Å². The SMILES string of the molecule is CCNc1c(C/C=C(\C)CC(CCN2CCSC2)C(=O)O)c(OC)c(C)c2c1C(=O)OC2. The number of fused-ring (bicyclic) bond motifs is 1. The van der Waals surface area contributed by atoms with E-state index in [1.54, 1.807) is 7.11 Å². The van der Waals surface area contributed by atoms with Crippen LogP contribution >= 0.6 is 11.8 Å². The zero-order chi connectivity index (χ0) is 23.3. The van der Waals surface area contributed by atoms with Crippen molar-refractivity contribution >= 4 is 29.4 Å². The molecule has 0 aliphatic carbocycles. The van der Waals surface area contributed by atoms with Crippen LogP contribution in [0.25, 0.3) is 0 Å². The summed E-state index contributed by atoms with van der Waals surface area (Å²) < 4.78 is 11.0. The van der Waals surface area contributed by atoms with E-state index in [0.29, 0.717) is 31.4 Å². The van der Waals surface area contributed by atoms with Gasteiger partial charge in [0.25, 0.3) is 0 Å². The van der Waals surface area contributed by atoms with Crippen LogP contribution in [-0.4, -0.2) is 60.3 Å². The first-order valence-corrected chi connectivity index (χ1v) is 12.3. The Kier molecular flexibility index (Phi) is 8.48. The summed E-state index contributed by atoms with van der Waals surface area (Å²) in [6.45, 7) is 8.71. The average Bonchev–Trinajstić information content (AvgIpc) is 3.41. The van der Waals surface area contributed by atoms with E-state index in [4.69, 9.17) is 9.47 Å². The molecule has 0 aromatic heterocycles. The van der Waals surface area contributed by atoms with Crippen molar-refractivity contribution in [2.45, 2.75) is 46.6 Å². The number of carbonyl (C=O) groups is 2. The number of esters is 1. The number of cyclic esters (lactones) is 1. The Labute approximate surface area is 194 Å². The fourth-order valence-corrected chi connectivity index (χ4v) is 5.49. The molecule has 1 unspecified atom stereocenters. The van der Waals surface area contributed by atoms with Gasteiger partial charge in [-0.3, -0.25) is 9.69 Å². The molecule has 1 saturated heterocycles. The minimum atomic E-state index is -0.744. The molecule has 2 aliphatic heterocycles. The summed E-state index contributed by atoms with van der Waals surface area (Å²) in [5.41, 5.74) is 5.08. The number of anilines is 1. The number of rotatable bonds is 11. The summed E-state index contributed by atoms with van der Waals surface area (Å²) in [7, 11) is 1.64. The molecule has 0 radical (unpaired) electrons. The average molecular weight is 463 g/mol. The van der Waals surface area contributed by atoms with Crippen molar-refractivity contribution in [3.63, 3.8) is 0 Å². The van der Waals surface area contributed by atoms with Gasteiger partial charge in [-0.25, -0.2) is 4.79 Å². The molecule has 0 saturated carbocycles. The standard InChI is InChI=1S/C24H34N2O5S/c1-5-25-21-18(22(30-4)16(3)19-13-31-24(29)20(19)21)7-6-15(2)12-17(23(27)28)8-9-26-10-11-32-14-26/h6,17,25H,5,7-14H2,1-4H3,(H,27,28)/b15-6+. The number of allylic oxidation sites excluding steroid dienone is 2. The first-order chi connectivity index (χ1) is 15.4. The fraction of sp³-hybridized carbons (Fsp3) is 0.583. The normalized spacial score (nSPS) is 17.2. The van der Waals surface area contributed by atoms with Gasteiger partial charge in [0.15, 0.2) is 0 Å². The summed E-state index contributed by atoms with van der Waals surface area (Å²) in [6.07, 6.45) is 3.78. The summed E-state index contributed by atoms with van der Waals surface area (Å²) in [5.74, 6) is 1.42. The second-order valence-corrected chi connectivity index (χ2v) is 9.48. The van der Waals surface area contributed by atoms with Gasteiger partial charge in [0, 0.05) is 35.8 Å². The topological polar surface area (TPSA) is 88.1 Å². The number of ether oxygens (including phenoxy) is 2. The number of carboxylic acids is 1. The number of carbonyl (C=O) groups excluding carboxylic acids is 1. The number of methoxy groups -OCH3 is 1. The molecule has 32 heavy (non-hydrogen) atoms. The van der Waals surface area contributed by atoms with Crippen LogP contribution in [0.5, 0.6) is 5.75 Å². The first kappa shape index (κ1) is 24.5. The number of carboxylic acid groups (broad SMARTS) is 1. The Balaban J connectivity index is 1.80. The highest BCUT2D eigenvalue weighted by molar-refractivity contribution is 7.99. The lowest BCUT2D eigenvalue weighted by molar-refractivity contribution is -0.142. The summed E-state index contributed by atoms with van der Waals surface area (Å²) >= 11 is 1.90. The van der Waals surface area contributed by atoms with Gasteiger partial charge < -0.3 is 19.9 Å². The van der Waals surface area contributed by atoms with Crippen molar-refractivity contribution in [3.05, 3.63) is 33.9 Å². The maximum absolute atomic E-state index is 12.4. The number of nitrogens with zero attached hydrogens (tertiary/aromatic N) is 1. The van der Waals surface area contributed by atoms with Crippen molar-refractivity contribution in [2.75, 3.05) is 43.7 Å². The van der Waals surface area contributed by atoms with E-state index in [-0.39, 0.29) is 12.6 Å². The maximum atomic E-state index is 12.4. The second-order valence-electron chi connectivity index (χ2n) is 8.41. The minimum Gasteiger partial charge on any atom is -0.496 e. The Morgan fingerprint density at radius 3 is 2.84 bits per heavy atom. The van der Waals surface area contributed by atoms with Crippen molar-refractivity contribution in [3.8, 4) is 5.75 Å². The Hall–Kier alpha value is -2.19. The number of hydrogen-bond donors (Lipinski definition) is 2. The van der Waals surface area contributed by atoms with Crippen molar-refractivity contribution in [1.29, 1.82) is 0 Å². The minimum absolute atomic E-state index is 0.264. The monoisotopic (exact) mass is 462 g/mol. The highest BCUT2D eigenvalue weighted by Gasteiger charge is 2.31. The van der Waals surface area contributed by atoms with Crippen molar-refractivity contribution < 1.29 is 24.2 Å². The second kappa shape index (κ2) is 11.1. The Bertz CT molecular complexity index is 893. The van der Waals surface area contributed by atoms with E-state index in [0.717, 1.165) is 58.4 Å². The molecule has 7 nitrogen and oxygen atoms in total.